The van der Waals surface area contributed by atoms with Gasteiger partial charge in [-0.2, -0.15) is 5.10 Å². The van der Waals surface area contributed by atoms with E-state index in [0.717, 1.165) is 40.5 Å². The largest absolute Gasteiger partial charge is 0.352 e. The molecule has 0 unspecified atom stereocenters. The summed E-state index contributed by atoms with van der Waals surface area (Å²) < 4.78 is 1.91. The molecule has 2 aromatic heterocycles. The first-order valence-corrected chi connectivity index (χ1v) is 12.0. The average molecular weight is 475 g/mol. The normalized spacial score (nSPS) is 14.1. The standard InChI is InChI=1S/C26H27ClN6O/c1-4-22-28-24(23-18(3)30-33(25(23)29-22)19-11-9-17(2)10-12-19)31-13-15-32(16-14-31)26(34)20-7-5-6-8-21(20)27/h5-12H,4,13-16H2,1-3H3. The van der Waals surface area contributed by atoms with Gasteiger partial charge in [-0.3, -0.25) is 4.79 Å². The first-order chi connectivity index (χ1) is 16.5. The Labute approximate surface area is 204 Å². The van der Waals surface area contributed by atoms with E-state index in [2.05, 4.69) is 43.0 Å². The Balaban J connectivity index is 1.47. The van der Waals surface area contributed by atoms with Crippen LogP contribution in [0.5, 0.6) is 0 Å². The zero-order valence-corrected chi connectivity index (χ0v) is 20.4. The van der Waals surface area contributed by atoms with Crippen molar-refractivity contribution in [1.82, 2.24) is 24.6 Å². The number of amides is 1. The lowest BCUT2D eigenvalue weighted by atomic mass is 10.1. The second-order valence-electron chi connectivity index (χ2n) is 8.61. The number of aromatic nitrogens is 4. The number of rotatable bonds is 4. The lowest BCUT2D eigenvalue weighted by Crippen LogP contribution is -2.49. The van der Waals surface area contributed by atoms with Crippen molar-refractivity contribution in [2.45, 2.75) is 27.2 Å². The third-order valence-electron chi connectivity index (χ3n) is 6.30. The van der Waals surface area contributed by atoms with E-state index >= 15 is 0 Å². The summed E-state index contributed by atoms with van der Waals surface area (Å²) >= 11 is 6.26. The number of carbonyl (C=O) groups excluding carboxylic acids is 1. The zero-order chi connectivity index (χ0) is 23.8. The van der Waals surface area contributed by atoms with Crippen molar-refractivity contribution in [3.63, 3.8) is 0 Å². The van der Waals surface area contributed by atoms with E-state index in [1.807, 2.05) is 28.6 Å². The fraction of sp³-hybridized carbons (Fsp3) is 0.308. The molecule has 0 aliphatic carbocycles. The van der Waals surface area contributed by atoms with Crippen LogP contribution in [0.4, 0.5) is 5.82 Å². The highest BCUT2D eigenvalue weighted by molar-refractivity contribution is 6.33. The Morgan fingerprint density at radius 1 is 0.971 bits per heavy atom. The van der Waals surface area contributed by atoms with E-state index < -0.39 is 0 Å². The van der Waals surface area contributed by atoms with Crippen LogP contribution in [0, 0.1) is 13.8 Å². The van der Waals surface area contributed by atoms with Gasteiger partial charge in [0.25, 0.3) is 5.91 Å². The average Bonchev–Trinajstić information content (AvgIpc) is 3.20. The predicted octanol–water partition coefficient (Wildman–Crippen LogP) is 4.61. The van der Waals surface area contributed by atoms with Gasteiger partial charge in [0, 0.05) is 32.6 Å². The molecule has 1 saturated heterocycles. The molecule has 8 heteroatoms. The van der Waals surface area contributed by atoms with Crippen molar-refractivity contribution in [3.05, 3.63) is 76.2 Å². The third kappa shape index (κ3) is 4.01. The molecule has 0 radical (unpaired) electrons. The van der Waals surface area contributed by atoms with Gasteiger partial charge >= 0.3 is 0 Å². The van der Waals surface area contributed by atoms with Gasteiger partial charge in [0.1, 0.15) is 11.6 Å². The van der Waals surface area contributed by atoms with Crippen LogP contribution in [-0.2, 0) is 6.42 Å². The second-order valence-corrected chi connectivity index (χ2v) is 9.01. The topological polar surface area (TPSA) is 67.2 Å². The molecule has 3 heterocycles. The molecule has 0 N–H and O–H groups in total. The summed E-state index contributed by atoms with van der Waals surface area (Å²) in [5.41, 5.74) is 4.43. The van der Waals surface area contributed by atoms with Crippen molar-refractivity contribution in [3.8, 4) is 5.69 Å². The number of fused-ring (bicyclic) bond motifs is 1. The van der Waals surface area contributed by atoms with Crippen LogP contribution in [0.2, 0.25) is 5.02 Å². The number of piperazine rings is 1. The van der Waals surface area contributed by atoms with Gasteiger partial charge in [0.05, 0.1) is 27.4 Å². The first kappa shape index (κ1) is 22.3. The number of carbonyl (C=O) groups is 1. The molecule has 7 nitrogen and oxygen atoms in total. The summed E-state index contributed by atoms with van der Waals surface area (Å²) in [6.07, 6.45) is 0.728. The molecule has 4 aromatic rings. The molecule has 2 aromatic carbocycles. The highest BCUT2D eigenvalue weighted by Gasteiger charge is 2.27. The fourth-order valence-corrected chi connectivity index (χ4v) is 4.60. The first-order valence-electron chi connectivity index (χ1n) is 11.6. The number of anilines is 1. The van der Waals surface area contributed by atoms with Crippen molar-refractivity contribution in [2.75, 3.05) is 31.1 Å². The van der Waals surface area contributed by atoms with Crippen molar-refractivity contribution >= 4 is 34.4 Å². The summed E-state index contributed by atoms with van der Waals surface area (Å²) in [6, 6.07) is 15.5. The van der Waals surface area contributed by atoms with Gasteiger partial charge in [-0.05, 0) is 38.1 Å². The molecule has 5 rings (SSSR count). The minimum absolute atomic E-state index is 0.0318. The Morgan fingerprint density at radius 3 is 2.35 bits per heavy atom. The Kier molecular flexibility index (Phi) is 5.96. The molecule has 0 bridgehead atoms. The quantitative estimate of drug-likeness (QED) is 0.432. The smallest absolute Gasteiger partial charge is 0.255 e. The summed E-state index contributed by atoms with van der Waals surface area (Å²) in [6.45, 7) is 8.70. The molecule has 0 saturated carbocycles. The molecule has 0 spiro atoms. The summed E-state index contributed by atoms with van der Waals surface area (Å²) in [5, 5.41) is 6.27. The van der Waals surface area contributed by atoms with E-state index in [1.54, 1.807) is 12.1 Å². The van der Waals surface area contributed by atoms with Gasteiger partial charge in [-0.1, -0.05) is 48.4 Å². The predicted molar refractivity (Wildman–Crippen MR) is 135 cm³/mol. The number of benzene rings is 2. The van der Waals surface area contributed by atoms with Crippen molar-refractivity contribution in [2.24, 2.45) is 0 Å². The van der Waals surface area contributed by atoms with Crippen molar-refractivity contribution in [1.29, 1.82) is 0 Å². The Bertz CT molecular complexity index is 1360. The molecule has 1 fully saturated rings. The van der Waals surface area contributed by atoms with Crippen molar-refractivity contribution < 1.29 is 4.79 Å². The van der Waals surface area contributed by atoms with E-state index in [-0.39, 0.29) is 5.91 Å². The highest BCUT2D eigenvalue weighted by Crippen LogP contribution is 2.30. The summed E-state index contributed by atoms with van der Waals surface area (Å²) in [7, 11) is 0. The minimum Gasteiger partial charge on any atom is -0.352 e. The Hall–Kier alpha value is -3.45. The van der Waals surface area contributed by atoms with Gasteiger partial charge in [0.2, 0.25) is 0 Å². The molecule has 1 amide bonds. The minimum atomic E-state index is -0.0318. The molecular weight excluding hydrogens is 448 g/mol. The monoisotopic (exact) mass is 474 g/mol. The van der Waals surface area contributed by atoms with E-state index in [9.17, 15) is 4.79 Å². The number of hydrogen-bond acceptors (Lipinski definition) is 5. The maximum Gasteiger partial charge on any atom is 0.255 e. The van der Waals surface area contributed by atoms with Gasteiger partial charge < -0.3 is 9.80 Å². The maximum absolute atomic E-state index is 13.0. The lowest BCUT2D eigenvalue weighted by molar-refractivity contribution is 0.0747. The van der Waals surface area contributed by atoms with Crippen LogP contribution in [0.3, 0.4) is 0 Å². The fourth-order valence-electron chi connectivity index (χ4n) is 4.38. The molecular formula is C26H27ClN6O. The van der Waals surface area contributed by atoms with Crippen LogP contribution >= 0.6 is 11.6 Å². The van der Waals surface area contributed by atoms with Crippen LogP contribution in [0.1, 0.15) is 34.4 Å². The number of halogens is 1. The molecule has 174 valence electrons. The number of hydrogen-bond donors (Lipinski definition) is 0. The summed E-state index contributed by atoms with van der Waals surface area (Å²) in [5.74, 6) is 1.64. The van der Waals surface area contributed by atoms with E-state index in [0.29, 0.717) is 36.8 Å². The van der Waals surface area contributed by atoms with Crippen LogP contribution in [-0.4, -0.2) is 56.7 Å². The number of nitrogens with zero attached hydrogens (tertiary/aromatic N) is 6. The van der Waals surface area contributed by atoms with E-state index in [4.69, 9.17) is 26.7 Å². The lowest BCUT2D eigenvalue weighted by Gasteiger charge is -2.36. The molecule has 1 aliphatic rings. The molecule has 34 heavy (non-hydrogen) atoms. The van der Waals surface area contributed by atoms with E-state index in [1.165, 1.54) is 5.56 Å². The van der Waals surface area contributed by atoms with Gasteiger partial charge in [-0.15, -0.1) is 0 Å². The van der Waals surface area contributed by atoms with Crippen LogP contribution < -0.4 is 4.90 Å². The third-order valence-corrected chi connectivity index (χ3v) is 6.62. The van der Waals surface area contributed by atoms with Gasteiger partial charge in [0.15, 0.2) is 5.65 Å². The highest BCUT2D eigenvalue weighted by atomic mass is 35.5. The maximum atomic E-state index is 13.0. The molecule has 1 aliphatic heterocycles. The molecule has 0 atom stereocenters. The SMILES string of the molecule is CCc1nc(N2CCN(C(=O)c3ccccc3Cl)CC2)c2c(C)nn(-c3ccc(C)cc3)c2n1. The summed E-state index contributed by atoms with van der Waals surface area (Å²) in [4.78, 5) is 26.9. The van der Waals surface area contributed by atoms with Gasteiger partial charge in [-0.25, -0.2) is 14.6 Å². The van der Waals surface area contributed by atoms with Crippen LogP contribution in [0.25, 0.3) is 16.7 Å². The van der Waals surface area contributed by atoms with Crippen LogP contribution in [0.15, 0.2) is 48.5 Å². The Morgan fingerprint density at radius 2 is 1.68 bits per heavy atom. The second kappa shape index (κ2) is 9.06. The zero-order valence-electron chi connectivity index (χ0n) is 19.6. The number of aryl methyl sites for hydroxylation is 3.